The molecule has 1 aliphatic carbocycles. The molecule has 3 rings (SSSR count). The Morgan fingerprint density at radius 1 is 1.32 bits per heavy atom. The van der Waals surface area contributed by atoms with Crippen LogP contribution in [0.3, 0.4) is 0 Å². The quantitative estimate of drug-likeness (QED) is 0.856. The van der Waals surface area contributed by atoms with Crippen molar-refractivity contribution in [2.75, 3.05) is 0 Å². The van der Waals surface area contributed by atoms with Gasteiger partial charge in [0.2, 0.25) is 9.84 Å². The van der Waals surface area contributed by atoms with Crippen molar-refractivity contribution in [2.45, 2.75) is 29.7 Å². The molecule has 0 unspecified atom stereocenters. The van der Waals surface area contributed by atoms with Crippen LogP contribution in [0.25, 0.3) is 0 Å². The maximum absolute atomic E-state index is 12.2. The van der Waals surface area contributed by atoms with E-state index < -0.39 is 9.84 Å². The monoisotopic (exact) mass is 342 g/mol. The second-order valence-corrected chi connectivity index (χ2v) is 7.18. The zero-order valence-corrected chi connectivity index (χ0v) is 12.3. The lowest BCUT2D eigenvalue weighted by atomic mass is 10.4. The lowest BCUT2D eigenvalue weighted by Gasteiger charge is -2.00. The Kier molecular flexibility index (Phi) is 3.14. The molecule has 0 atom stereocenters. The van der Waals surface area contributed by atoms with E-state index in [1.807, 2.05) is 0 Å². The van der Waals surface area contributed by atoms with Gasteiger partial charge in [0.15, 0.2) is 0 Å². The van der Waals surface area contributed by atoms with Gasteiger partial charge in [-0.3, -0.25) is 5.10 Å². The average Bonchev–Trinajstić information content (AvgIpc) is 3.06. The number of rotatable bonds is 4. The summed E-state index contributed by atoms with van der Waals surface area (Å²) in [4.78, 5) is 8.18. The molecular formula is C11H11BrN4O2S. The Morgan fingerprint density at radius 3 is 2.79 bits per heavy atom. The van der Waals surface area contributed by atoms with Crippen LogP contribution in [0.5, 0.6) is 0 Å². The van der Waals surface area contributed by atoms with Crippen LogP contribution >= 0.6 is 15.9 Å². The van der Waals surface area contributed by atoms with Gasteiger partial charge in [0.05, 0.1) is 5.69 Å². The molecule has 0 radical (unpaired) electrons. The SMILES string of the molecule is O=S(=O)(Cc1cccc(Br)n1)c1n[nH]c(C2CC2)n1. The number of sulfone groups is 1. The molecule has 1 N–H and O–H groups in total. The molecule has 0 spiro atoms. The Hall–Kier alpha value is -1.28. The molecule has 0 bridgehead atoms. The van der Waals surface area contributed by atoms with Gasteiger partial charge in [-0.1, -0.05) is 6.07 Å². The molecule has 0 aromatic carbocycles. The minimum atomic E-state index is -3.55. The maximum Gasteiger partial charge on any atom is 0.267 e. The highest BCUT2D eigenvalue weighted by molar-refractivity contribution is 9.10. The molecular weight excluding hydrogens is 332 g/mol. The molecule has 1 fully saturated rings. The number of hydrogen-bond donors (Lipinski definition) is 1. The van der Waals surface area contributed by atoms with Crippen LogP contribution in [-0.4, -0.2) is 28.6 Å². The topological polar surface area (TPSA) is 88.6 Å². The Labute approximate surface area is 118 Å². The fourth-order valence-corrected chi connectivity index (χ4v) is 3.21. The highest BCUT2D eigenvalue weighted by Gasteiger charge is 2.30. The van der Waals surface area contributed by atoms with Gasteiger partial charge in [-0.2, -0.15) is 0 Å². The third kappa shape index (κ3) is 2.84. The van der Waals surface area contributed by atoms with Crippen LogP contribution < -0.4 is 0 Å². The van der Waals surface area contributed by atoms with E-state index in [-0.39, 0.29) is 10.9 Å². The van der Waals surface area contributed by atoms with Gasteiger partial charge in [-0.05, 0) is 40.9 Å². The van der Waals surface area contributed by atoms with E-state index in [0.29, 0.717) is 22.0 Å². The normalized spacial score (nSPS) is 15.6. The van der Waals surface area contributed by atoms with E-state index in [0.717, 1.165) is 12.8 Å². The van der Waals surface area contributed by atoms with Crippen molar-refractivity contribution >= 4 is 25.8 Å². The summed E-state index contributed by atoms with van der Waals surface area (Å²) in [5.41, 5.74) is 0.465. The Bertz CT molecular complexity index is 709. The van der Waals surface area contributed by atoms with E-state index in [1.165, 1.54) is 0 Å². The second kappa shape index (κ2) is 4.68. The molecule has 0 amide bonds. The molecule has 1 saturated carbocycles. The summed E-state index contributed by atoms with van der Waals surface area (Å²) in [5, 5.41) is 6.36. The van der Waals surface area contributed by atoms with E-state index in [4.69, 9.17) is 0 Å². The van der Waals surface area contributed by atoms with Crippen molar-refractivity contribution in [2.24, 2.45) is 0 Å². The third-order valence-electron chi connectivity index (χ3n) is 2.84. The van der Waals surface area contributed by atoms with Crippen LogP contribution in [0.15, 0.2) is 28.0 Å². The first kappa shape index (κ1) is 12.7. The van der Waals surface area contributed by atoms with Crippen molar-refractivity contribution in [3.8, 4) is 0 Å². The van der Waals surface area contributed by atoms with Gasteiger partial charge >= 0.3 is 0 Å². The number of nitrogens with one attached hydrogen (secondary N) is 1. The predicted octanol–water partition coefficient (Wildman–Crippen LogP) is 1.81. The summed E-state index contributed by atoms with van der Waals surface area (Å²) < 4.78 is 24.9. The summed E-state index contributed by atoms with van der Waals surface area (Å²) in [6.45, 7) is 0. The fraction of sp³-hybridized carbons (Fsp3) is 0.364. The summed E-state index contributed by atoms with van der Waals surface area (Å²) in [7, 11) is -3.55. The van der Waals surface area contributed by atoms with Crippen molar-refractivity contribution in [3.05, 3.63) is 34.3 Å². The third-order valence-corrected chi connectivity index (χ3v) is 4.69. The molecule has 1 aliphatic rings. The van der Waals surface area contributed by atoms with Crippen LogP contribution in [0.4, 0.5) is 0 Å². The molecule has 6 nitrogen and oxygen atoms in total. The molecule has 100 valence electrons. The fourth-order valence-electron chi connectivity index (χ4n) is 1.73. The number of H-pyrrole nitrogens is 1. The first-order chi connectivity index (χ1) is 9.04. The molecule has 0 saturated heterocycles. The van der Waals surface area contributed by atoms with Gasteiger partial charge in [0.1, 0.15) is 16.2 Å². The molecule has 8 heteroatoms. The van der Waals surface area contributed by atoms with Gasteiger partial charge < -0.3 is 0 Å². The first-order valence-electron chi connectivity index (χ1n) is 5.81. The van der Waals surface area contributed by atoms with Crippen LogP contribution in [-0.2, 0) is 15.6 Å². The number of hydrogen-bond acceptors (Lipinski definition) is 5. The predicted molar refractivity (Wildman–Crippen MR) is 71.2 cm³/mol. The van der Waals surface area contributed by atoms with Gasteiger partial charge in [0, 0.05) is 5.92 Å². The second-order valence-electron chi connectivity index (χ2n) is 4.49. The highest BCUT2D eigenvalue weighted by Crippen LogP contribution is 2.38. The minimum Gasteiger partial charge on any atom is -0.262 e. The van der Waals surface area contributed by atoms with Crippen LogP contribution in [0, 0.1) is 0 Å². The van der Waals surface area contributed by atoms with Crippen molar-refractivity contribution < 1.29 is 8.42 Å². The highest BCUT2D eigenvalue weighted by atomic mass is 79.9. The van der Waals surface area contributed by atoms with Crippen molar-refractivity contribution in [1.29, 1.82) is 0 Å². The Balaban J connectivity index is 1.85. The lowest BCUT2D eigenvalue weighted by Crippen LogP contribution is -2.08. The van der Waals surface area contributed by atoms with Crippen LogP contribution in [0.1, 0.15) is 30.3 Å². The van der Waals surface area contributed by atoms with Gasteiger partial charge in [0.25, 0.3) is 5.16 Å². The molecule has 2 aromatic rings. The molecule has 0 aliphatic heterocycles. The lowest BCUT2D eigenvalue weighted by molar-refractivity contribution is 0.586. The van der Waals surface area contributed by atoms with Crippen LogP contribution in [0.2, 0.25) is 0 Å². The number of aromatic amines is 1. The first-order valence-corrected chi connectivity index (χ1v) is 8.25. The number of halogens is 1. The smallest absolute Gasteiger partial charge is 0.262 e. The van der Waals surface area contributed by atoms with Crippen molar-refractivity contribution in [1.82, 2.24) is 20.2 Å². The van der Waals surface area contributed by atoms with E-state index in [2.05, 4.69) is 36.1 Å². The molecule has 2 aromatic heterocycles. The average molecular weight is 343 g/mol. The van der Waals surface area contributed by atoms with Gasteiger partial charge in [-0.15, -0.1) is 5.10 Å². The van der Waals surface area contributed by atoms with Crippen molar-refractivity contribution in [3.63, 3.8) is 0 Å². The Morgan fingerprint density at radius 2 is 2.11 bits per heavy atom. The van der Waals surface area contributed by atoms with Gasteiger partial charge in [-0.25, -0.2) is 18.4 Å². The van der Waals surface area contributed by atoms with E-state index in [9.17, 15) is 8.42 Å². The zero-order valence-electron chi connectivity index (χ0n) is 9.88. The molecule has 2 heterocycles. The maximum atomic E-state index is 12.2. The zero-order chi connectivity index (χ0) is 13.5. The minimum absolute atomic E-state index is 0.142. The van der Waals surface area contributed by atoms with E-state index in [1.54, 1.807) is 18.2 Å². The molecule has 19 heavy (non-hydrogen) atoms. The van der Waals surface area contributed by atoms with E-state index >= 15 is 0 Å². The summed E-state index contributed by atoms with van der Waals surface area (Å²) in [6.07, 6.45) is 2.09. The summed E-state index contributed by atoms with van der Waals surface area (Å²) >= 11 is 3.21. The standard InChI is InChI=1S/C11H11BrN4O2S/c12-9-3-1-2-8(13-9)6-19(17,18)11-14-10(15-16-11)7-4-5-7/h1-3,7H,4-6H2,(H,14,15,16). The number of nitrogens with zero attached hydrogens (tertiary/aromatic N) is 3. The summed E-state index contributed by atoms with van der Waals surface area (Å²) in [5.74, 6) is 0.815. The number of aromatic nitrogens is 4. The number of pyridine rings is 1. The largest absolute Gasteiger partial charge is 0.267 e. The summed E-state index contributed by atoms with van der Waals surface area (Å²) in [6, 6.07) is 5.15.